The molecule has 7 unspecified atom stereocenters. The average Bonchev–Trinajstić information content (AvgIpc) is 2.82. The van der Waals surface area contributed by atoms with Gasteiger partial charge in [-0.1, -0.05) is 12.1 Å². The number of Topliss-reactive ketones (excluding diaryl/α,β-unsaturated/α-hetero) is 1. The number of methoxy groups -OCH3 is 2. The largest absolute Gasteiger partial charge is 0.507 e. The van der Waals surface area contributed by atoms with Crippen molar-refractivity contribution in [2.45, 2.75) is 49.8 Å². The molecule has 10 heteroatoms. The number of phenols is 1. The number of rotatable bonds is 5. The topological polar surface area (TPSA) is 144 Å². The number of aromatic hydroxyl groups is 1. The van der Waals surface area contributed by atoms with Gasteiger partial charge in [-0.25, -0.2) is 0 Å². The molecule has 178 valence electrons. The van der Waals surface area contributed by atoms with Gasteiger partial charge < -0.3 is 44.1 Å². The van der Waals surface area contributed by atoms with Gasteiger partial charge in [-0.05, 0) is 24.6 Å². The molecule has 0 aliphatic carbocycles. The lowest BCUT2D eigenvalue weighted by Crippen LogP contribution is -2.59. The van der Waals surface area contributed by atoms with Crippen molar-refractivity contribution < 1.29 is 48.9 Å². The summed E-state index contributed by atoms with van der Waals surface area (Å²) >= 11 is 0. The maximum absolute atomic E-state index is 13.5. The minimum atomic E-state index is -1.62. The summed E-state index contributed by atoms with van der Waals surface area (Å²) in [7, 11) is 2.94. The van der Waals surface area contributed by atoms with Crippen LogP contribution in [0.2, 0.25) is 0 Å². The van der Waals surface area contributed by atoms with Gasteiger partial charge in [0.05, 0.1) is 20.3 Å². The summed E-state index contributed by atoms with van der Waals surface area (Å²) in [6.45, 7) is 1.50. The number of hydrogen-bond acceptors (Lipinski definition) is 10. The van der Waals surface area contributed by atoms with E-state index >= 15 is 0 Å². The molecule has 1 fully saturated rings. The molecule has 4 N–H and O–H groups in total. The molecule has 2 heterocycles. The zero-order valence-electron chi connectivity index (χ0n) is 18.2. The molecule has 1 saturated heterocycles. The van der Waals surface area contributed by atoms with Gasteiger partial charge in [-0.2, -0.15) is 0 Å². The van der Waals surface area contributed by atoms with Crippen molar-refractivity contribution in [3.8, 4) is 23.0 Å². The van der Waals surface area contributed by atoms with Crippen molar-refractivity contribution in [2.24, 2.45) is 0 Å². The van der Waals surface area contributed by atoms with Gasteiger partial charge in [0.2, 0.25) is 5.78 Å². The number of fused-ring (bicyclic) bond motifs is 1. The lowest BCUT2D eigenvalue weighted by molar-refractivity contribution is -0.304. The summed E-state index contributed by atoms with van der Waals surface area (Å²) < 4.78 is 27.8. The Morgan fingerprint density at radius 2 is 1.58 bits per heavy atom. The quantitative estimate of drug-likeness (QED) is 0.507. The maximum atomic E-state index is 13.5. The third-order valence-electron chi connectivity index (χ3n) is 5.86. The van der Waals surface area contributed by atoms with Crippen LogP contribution in [-0.4, -0.2) is 77.2 Å². The Hall–Kier alpha value is -2.89. The second-order valence-electron chi connectivity index (χ2n) is 7.93. The molecule has 0 bridgehead atoms. The smallest absolute Gasteiger partial charge is 0.203 e. The van der Waals surface area contributed by atoms with Gasteiger partial charge >= 0.3 is 0 Å². The number of carbonyl (C=O) groups excluding carboxylic acids is 1. The molecule has 2 aliphatic heterocycles. The molecule has 33 heavy (non-hydrogen) atoms. The molecule has 4 rings (SSSR count). The first-order chi connectivity index (χ1) is 15.7. The van der Waals surface area contributed by atoms with Crippen LogP contribution in [-0.2, 0) is 9.47 Å². The molecule has 0 radical (unpaired) electrons. The lowest BCUT2D eigenvalue weighted by atomic mass is 9.92. The zero-order valence-corrected chi connectivity index (χ0v) is 18.2. The predicted octanol–water partition coefficient (Wildman–Crippen LogP) is 0.938. The van der Waals surface area contributed by atoms with Gasteiger partial charge in [0.25, 0.3) is 0 Å². The first kappa shape index (κ1) is 23.3. The fourth-order valence-electron chi connectivity index (χ4n) is 3.95. The van der Waals surface area contributed by atoms with Crippen LogP contribution in [0.1, 0.15) is 28.9 Å². The van der Waals surface area contributed by atoms with Crippen LogP contribution >= 0.6 is 0 Å². The summed E-state index contributed by atoms with van der Waals surface area (Å²) in [5.41, 5.74) is 0.450. The average molecular weight is 462 g/mol. The number of hydrogen-bond donors (Lipinski definition) is 4. The van der Waals surface area contributed by atoms with Crippen LogP contribution in [0, 0.1) is 0 Å². The third-order valence-corrected chi connectivity index (χ3v) is 5.86. The van der Waals surface area contributed by atoms with Crippen molar-refractivity contribution in [2.75, 3.05) is 14.2 Å². The minimum absolute atomic E-state index is 0.103. The van der Waals surface area contributed by atoms with Crippen molar-refractivity contribution in [3.05, 3.63) is 47.5 Å². The number of carbonyl (C=O) groups is 1. The summed E-state index contributed by atoms with van der Waals surface area (Å²) in [5.74, 6) is 0.0247. The van der Waals surface area contributed by atoms with E-state index in [0.717, 1.165) is 0 Å². The highest BCUT2D eigenvalue weighted by Gasteiger charge is 2.48. The Labute approximate surface area is 189 Å². The molecule has 2 aromatic carbocycles. The summed E-state index contributed by atoms with van der Waals surface area (Å²) in [4.78, 5) is 13.5. The third kappa shape index (κ3) is 4.23. The van der Waals surface area contributed by atoms with E-state index in [0.29, 0.717) is 17.1 Å². The molecule has 0 amide bonds. The van der Waals surface area contributed by atoms with Gasteiger partial charge in [0.1, 0.15) is 46.9 Å². The number of ketones is 1. The van der Waals surface area contributed by atoms with Crippen LogP contribution in [0.4, 0.5) is 0 Å². The zero-order chi connectivity index (χ0) is 23.9. The molecule has 7 atom stereocenters. The van der Waals surface area contributed by atoms with Gasteiger partial charge in [0, 0.05) is 12.1 Å². The fraction of sp³-hybridized carbons (Fsp3) is 0.435. The summed E-state index contributed by atoms with van der Waals surface area (Å²) in [6.07, 6.45) is -9.12. The monoisotopic (exact) mass is 462 g/mol. The van der Waals surface area contributed by atoms with Crippen LogP contribution in [0.5, 0.6) is 23.0 Å². The van der Waals surface area contributed by atoms with Crippen LogP contribution < -0.4 is 14.2 Å². The molecule has 2 aliphatic rings. The van der Waals surface area contributed by atoms with Gasteiger partial charge in [-0.3, -0.25) is 4.79 Å². The van der Waals surface area contributed by atoms with E-state index < -0.39 is 48.7 Å². The van der Waals surface area contributed by atoms with Crippen molar-refractivity contribution in [3.63, 3.8) is 0 Å². The molecule has 2 aromatic rings. The van der Waals surface area contributed by atoms with E-state index in [-0.39, 0.29) is 17.1 Å². The van der Waals surface area contributed by atoms with E-state index in [1.54, 1.807) is 24.3 Å². The van der Waals surface area contributed by atoms with Crippen LogP contribution in [0.3, 0.4) is 0 Å². The fourth-order valence-corrected chi connectivity index (χ4v) is 3.95. The lowest BCUT2D eigenvalue weighted by Gasteiger charge is -2.42. The first-order valence-electron chi connectivity index (χ1n) is 10.4. The number of ether oxygens (including phenoxy) is 5. The van der Waals surface area contributed by atoms with Crippen molar-refractivity contribution >= 4 is 5.78 Å². The van der Waals surface area contributed by atoms with Crippen LogP contribution in [0.15, 0.2) is 36.4 Å². The number of aliphatic hydroxyl groups excluding tert-OH is 3. The van der Waals surface area contributed by atoms with E-state index in [9.17, 15) is 25.2 Å². The van der Waals surface area contributed by atoms with Gasteiger partial charge in [-0.15, -0.1) is 0 Å². The highest BCUT2D eigenvalue weighted by atomic mass is 16.7. The van der Waals surface area contributed by atoms with E-state index in [2.05, 4.69) is 0 Å². The number of aliphatic hydroxyl groups is 3. The van der Waals surface area contributed by atoms with Crippen molar-refractivity contribution in [1.29, 1.82) is 0 Å². The maximum Gasteiger partial charge on any atom is 0.203 e. The second-order valence-corrected chi connectivity index (χ2v) is 7.93. The Morgan fingerprint density at radius 3 is 2.21 bits per heavy atom. The normalized spacial score (nSPS) is 31.5. The first-order valence-corrected chi connectivity index (χ1v) is 10.4. The molecule has 0 spiro atoms. The van der Waals surface area contributed by atoms with E-state index in [1.807, 2.05) is 0 Å². The Kier molecular flexibility index (Phi) is 6.46. The molecular formula is C23H26O10. The standard InChI is InChI=1S/C23H26O10/c1-10-17(25)19(27)20(28)23(31-10)33-22-18(26)16-14(24)8-13(30-3)9-15(16)32-21(22)11-4-6-12(29-2)7-5-11/h4-10,17,19-25,27-28H,1-3H3. The van der Waals surface area contributed by atoms with Crippen molar-refractivity contribution in [1.82, 2.24) is 0 Å². The Morgan fingerprint density at radius 1 is 0.909 bits per heavy atom. The summed E-state index contributed by atoms with van der Waals surface area (Å²) in [6, 6.07) is 9.52. The highest BCUT2D eigenvalue weighted by molar-refractivity contribution is 6.05. The predicted molar refractivity (Wildman–Crippen MR) is 113 cm³/mol. The number of benzene rings is 2. The molecule has 0 saturated carbocycles. The molecular weight excluding hydrogens is 436 g/mol. The minimum Gasteiger partial charge on any atom is -0.507 e. The van der Waals surface area contributed by atoms with Gasteiger partial charge in [0.15, 0.2) is 18.5 Å². The van der Waals surface area contributed by atoms with E-state index in [4.69, 9.17) is 23.7 Å². The Balaban J connectivity index is 1.73. The van der Waals surface area contributed by atoms with E-state index in [1.165, 1.54) is 33.3 Å². The highest BCUT2D eigenvalue weighted by Crippen LogP contribution is 2.44. The Bertz CT molecular complexity index is 1010. The number of phenolic OH excluding ortho intramolecular Hbond substituents is 1. The summed E-state index contributed by atoms with van der Waals surface area (Å²) in [5, 5.41) is 40.9. The second kappa shape index (κ2) is 9.16. The van der Waals surface area contributed by atoms with Crippen LogP contribution in [0.25, 0.3) is 0 Å². The SMILES string of the molecule is COc1ccc(C2Oc3cc(OC)cc(O)c3C(=O)C2OC2OC(C)C(O)C(O)C2O)cc1. The molecule has 10 nitrogen and oxygen atoms in total. The molecule has 0 aromatic heterocycles.